The molecule has 0 atom stereocenters. The molecule has 0 saturated heterocycles. The summed E-state index contributed by atoms with van der Waals surface area (Å²) in [5.41, 5.74) is 0.808. The third kappa shape index (κ3) is 4.24. The number of H-pyrrole nitrogens is 1. The average Bonchev–Trinajstić information content (AvgIpc) is 3.00. The average molecular weight is 409 g/mol. The molecule has 0 saturated carbocycles. The van der Waals surface area contributed by atoms with Crippen LogP contribution < -0.4 is 9.47 Å². The summed E-state index contributed by atoms with van der Waals surface area (Å²) >= 11 is 17.3. The van der Waals surface area contributed by atoms with Crippen LogP contribution >= 0.6 is 35.4 Å². The molecule has 0 spiro atoms. The molecule has 0 fully saturated rings. The minimum Gasteiger partial charge on any atom is -0.496 e. The molecule has 26 heavy (non-hydrogen) atoms. The Hall–Kier alpha value is -2.35. The zero-order chi connectivity index (χ0) is 18.5. The van der Waals surface area contributed by atoms with Crippen molar-refractivity contribution in [3.63, 3.8) is 0 Å². The molecule has 0 bridgehead atoms. The first-order chi connectivity index (χ1) is 12.6. The molecule has 0 unspecified atom stereocenters. The van der Waals surface area contributed by atoms with Gasteiger partial charge >= 0.3 is 0 Å². The van der Waals surface area contributed by atoms with Gasteiger partial charge in [-0.25, -0.2) is 5.10 Å². The van der Waals surface area contributed by atoms with Gasteiger partial charge in [0.2, 0.25) is 4.77 Å². The molecule has 0 aliphatic rings. The summed E-state index contributed by atoms with van der Waals surface area (Å²) < 4.78 is 12.8. The Morgan fingerprint density at radius 1 is 1.23 bits per heavy atom. The van der Waals surface area contributed by atoms with Gasteiger partial charge in [-0.15, -0.1) is 0 Å². The van der Waals surface area contributed by atoms with Gasteiger partial charge in [-0.1, -0.05) is 35.3 Å². The highest BCUT2D eigenvalue weighted by atomic mass is 35.5. The van der Waals surface area contributed by atoms with Gasteiger partial charge in [0, 0.05) is 16.7 Å². The standard InChI is InChI=1S/C17H14Cl2N4O2S/c1-24-14-5-3-2-4-11(14)9-20-23-16(21-22-17(23)26)10-25-15-8-12(18)6-7-13(15)19/h2-9H,10H2,1H3,(H,22,26)/b20-9-. The predicted molar refractivity (Wildman–Crippen MR) is 104 cm³/mol. The number of aromatic amines is 1. The first-order valence-electron chi connectivity index (χ1n) is 7.50. The van der Waals surface area contributed by atoms with Gasteiger partial charge in [0.1, 0.15) is 18.1 Å². The second-order valence-corrected chi connectivity index (χ2v) is 6.34. The van der Waals surface area contributed by atoms with E-state index in [1.165, 1.54) is 4.68 Å². The highest BCUT2D eigenvalue weighted by Crippen LogP contribution is 2.28. The quantitative estimate of drug-likeness (QED) is 0.473. The Kier molecular flexibility index (Phi) is 5.92. The molecule has 9 heteroatoms. The van der Waals surface area contributed by atoms with Crippen LogP contribution in [0.5, 0.6) is 11.5 Å². The first kappa shape index (κ1) is 18.4. The van der Waals surface area contributed by atoms with Crippen LogP contribution in [0.1, 0.15) is 11.4 Å². The molecule has 134 valence electrons. The molecule has 1 aromatic heterocycles. The molecule has 0 aliphatic heterocycles. The van der Waals surface area contributed by atoms with Crippen molar-refractivity contribution in [1.82, 2.24) is 14.9 Å². The van der Waals surface area contributed by atoms with E-state index in [0.29, 0.717) is 32.1 Å². The van der Waals surface area contributed by atoms with E-state index in [0.717, 1.165) is 5.56 Å². The summed E-state index contributed by atoms with van der Waals surface area (Å²) in [4.78, 5) is 0. The topological polar surface area (TPSA) is 64.4 Å². The van der Waals surface area contributed by atoms with Crippen molar-refractivity contribution in [2.45, 2.75) is 6.61 Å². The molecular weight excluding hydrogens is 395 g/mol. The lowest BCUT2D eigenvalue weighted by molar-refractivity contribution is 0.291. The van der Waals surface area contributed by atoms with E-state index in [1.54, 1.807) is 31.5 Å². The van der Waals surface area contributed by atoms with E-state index in [2.05, 4.69) is 15.3 Å². The number of para-hydroxylation sites is 1. The second-order valence-electron chi connectivity index (χ2n) is 5.11. The van der Waals surface area contributed by atoms with Crippen molar-refractivity contribution in [2.75, 3.05) is 7.11 Å². The van der Waals surface area contributed by atoms with Crippen LogP contribution in [-0.2, 0) is 6.61 Å². The molecule has 0 aliphatic carbocycles. The van der Waals surface area contributed by atoms with Crippen molar-refractivity contribution in [2.24, 2.45) is 5.10 Å². The monoisotopic (exact) mass is 408 g/mol. The highest BCUT2D eigenvalue weighted by molar-refractivity contribution is 7.71. The Morgan fingerprint density at radius 2 is 2.04 bits per heavy atom. The largest absolute Gasteiger partial charge is 0.496 e. The molecule has 1 N–H and O–H groups in total. The van der Waals surface area contributed by atoms with E-state index < -0.39 is 0 Å². The summed E-state index contributed by atoms with van der Waals surface area (Å²) in [7, 11) is 1.60. The number of aromatic nitrogens is 3. The molecule has 1 heterocycles. The van der Waals surface area contributed by atoms with Crippen LogP contribution in [0.2, 0.25) is 10.0 Å². The molecule has 2 aromatic carbocycles. The van der Waals surface area contributed by atoms with Crippen molar-refractivity contribution in [1.29, 1.82) is 0 Å². The van der Waals surface area contributed by atoms with E-state index in [1.807, 2.05) is 24.3 Å². The van der Waals surface area contributed by atoms with Crippen LogP contribution in [0.4, 0.5) is 0 Å². The van der Waals surface area contributed by atoms with Gasteiger partial charge in [0.05, 0.1) is 18.3 Å². The summed E-state index contributed by atoms with van der Waals surface area (Å²) in [6.45, 7) is 0.108. The maximum atomic E-state index is 6.10. The lowest BCUT2D eigenvalue weighted by Gasteiger charge is -2.08. The number of nitrogens with zero attached hydrogens (tertiary/aromatic N) is 3. The van der Waals surface area contributed by atoms with Gasteiger partial charge < -0.3 is 9.47 Å². The van der Waals surface area contributed by atoms with E-state index in [9.17, 15) is 0 Å². The van der Waals surface area contributed by atoms with Crippen LogP contribution in [0.25, 0.3) is 0 Å². The Bertz CT molecular complexity index is 1000. The number of benzene rings is 2. The lowest BCUT2D eigenvalue weighted by atomic mass is 10.2. The molecule has 3 aromatic rings. The van der Waals surface area contributed by atoms with Crippen molar-refractivity contribution >= 4 is 41.6 Å². The van der Waals surface area contributed by atoms with Gasteiger partial charge in [-0.3, -0.25) is 0 Å². The third-order valence-electron chi connectivity index (χ3n) is 3.42. The summed E-state index contributed by atoms with van der Waals surface area (Å²) in [5.74, 6) is 1.64. The maximum Gasteiger partial charge on any atom is 0.216 e. The van der Waals surface area contributed by atoms with Gasteiger partial charge in [0.15, 0.2) is 5.82 Å². The van der Waals surface area contributed by atoms with E-state index in [4.69, 9.17) is 44.9 Å². The number of hydrogen-bond acceptors (Lipinski definition) is 5. The Labute approximate surface area is 165 Å². The Balaban J connectivity index is 1.82. The number of nitrogens with one attached hydrogen (secondary N) is 1. The van der Waals surface area contributed by atoms with Gasteiger partial charge in [-0.2, -0.15) is 14.9 Å². The predicted octanol–water partition coefficient (Wildman–Crippen LogP) is 4.72. The number of ether oxygens (including phenoxy) is 2. The minimum absolute atomic E-state index is 0.108. The summed E-state index contributed by atoms with van der Waals surface area (Å²) in [6, 6.07) is 12.5. The Morgan fingerprint density at radius 3 is 2.85 bits per heavy atom. The normalized spacial score (nSPS) is 11.0. The maximum absolute atomic E-state index is 6.10. The second kappa shape index (κ2) is 8.35. The molecule has 0 amide bonds. The number of hydrogen-bond donors (Lipinski definition) is 1. The van der Waals surface area contributed by atoms with Crippen molar-refractivity contribution < 1.29 is 9.47 Å². The summed E-state index contributed by atoms with van der Waals surface area (Å²) in [5, 5.41) is 12.2. The molecule has 6 nitrogen and oxygen atoms in total. The zero-order valence-electron chi connectivity index (χ0n) is 13.6. The minimum atomic E-state index is 0.108. The molecule has 3 rings (SSSR count). The SMILES string of the molecule is COc1ccccc1/C=N\n1c(COc2cc(Cl)ccc2Cl)n[nH]c1=S. The molecule has 0 radical (unpaired) electrons. The van der Waals surface area contributed by atoms with Crippen LogP contribution in [0.3, 0.4) is 0 Å². The highest BCUT2D eigenvalue weighted by Gasteiger charge is 2.09. The zero-order valence-corrected chi connectivity index (χ0v) is 16.0. The smallest absolute Gasteiger partial charge is 0.216 e. The molecular formula is C17H14Cl2N4O2S. The fraction of sp³-hybridized carbons (Fsp3) is 0.118. The number of halogens is 2. The van der Waals surface area contributed by atoms with Gasteiger partial charge in [0.25, 0.3) is 0 Å². The van der Waals surface area contributed by atoms with Gasteiger partial charge in [-0.05, 0) is 36.5 Å². The van der Waals surface area contributed by atoms with E-state index >= 15 is 0 Å². The third-order valence-corrected chi connectivity index (χ3v) is 4.23. The van der Waals surface area contributed by atoms with E-state index in [-0.39, 0.29) is 6.61 Å². The van der Waals surface area contributed by atoms with Crippen LogP contribution in [-0.4, -0.2) is 28.2 Å². The number of rotatable bonds is 6. The lowest BCUT2D eigenvalue weighted by Crippen LogP contribution is -2.04. The fourth-order valence-electron chi connectivity index (χ4n) is 2.16. The summed E-state index contributed by atoms with van der Waals surface area (Å²) in [6.07, 6.45) is 1.64. The van der Waals surface area contributed by atoms with Crippen molar-refractivity contribution in [3.05, 3.63) is 68.7 Å². The first-order valence-corrected chi connectivity index (χ1v) is 8.66. The fourth-order valence-corrected chi connectivity index (χ4v) is 2.69. The van der Waals surface area contributed by atoms with Crippen LogP contribution in [0.15, 0.2) is 47.6 Å². The van der Waals surface area contributed by atoms with Crippen LogP contribution in [0, 0.1) is 4.77 Å². The van der Waals surface area contributed by atoms with Crippen molar-refractivity contribution in [3.8, 4) is 11.5 Å². The number of methoxy groups -OCH3 is 1.